The molecule has 0 spiro atoms. The molecule has 0 fully saturated rings. The first kappa shape index (κ1) is 40.5. The number of fused-ring (bicyclic) bond motifs is 6. The average Bonchev–Trinajstić information content (AvgIpc) is 3.40. The zero-order chi connectivity index (χ0) is 45.6. The summed E-state index contributed by atoms with van der Waals surface area (Å²) in [5.41, 5.74) is 11.1. The Balaban J connectivity index is 0.911. The van der Waals surface area contributed by atoms with Crippen LogP contribution in [0.25, 0.3) is 88.9 Å². The fraction of sp³-hybridized carbons (Fsp3) is 0. The summed E-state index contributed by atoms with van der Waals surface area (Å²) in [7, 11) is 0. The van der Waals surface area contributed by atoms with Crippen LogP contribution in [0.2, 0.25) is 0 Å². The lowest BCUT2D eigenvalue weighted by Crippen LogP contribution is -2.11. The summed E-state index contributed by atoms with van der Waals surface area (Å²) in [6.07, 6.45) is 8.24. The second-order valence-corrected chi connectivity index (χ2v) is 17.5. The fourth-order valence-corrected chi connectivity index (χ4v) is 10.1. The van der Waals surface area contributed by atoms with Crippen LogP contribution in [0.4, 0.5) is 34.1 Å². The quantitative estimate of drug-likeness (QED) is 0.0998. The van der Waals surface area contributed by atoms with Crippen LogP contribution in [0.15, 0.2) is 244 Å². The van der Waals surface area contributed by atoms with E-state index in [1.54, 1.807) is 0 Å². The molecule has 0 aliphatic heterocycles. The standard InChI is InChI=1S/C66H46N2/c1-3-47-31-36-58(42-48(47)4-2)68(66-63-23-13-9-19-55(63)41-56-20-10-14-24-64(56)66)60-38-33-51-39-46(27-30-52(51)44-60)26-25-45-28-34-57(35-29-45)67(59-37-32-49-15-5-6-16-50(49)43-59)65-61-21-11-7-17-53(61)40-54-18-8-12-22-62(54)65/h3-44H,1-2H2/b26-25+. The van der Waals surface area contributed by atoms with Gasteiger partial charge < -0.3 is 9.80 Å². The minimum atomic E-state index is 1.04. The molecule has 0 aliphatic rings. The monoisotopic (exact) mass is 866 g/mol. The van der Waals surface area contributed by atoms with Gasteiger partial charge in [0.2, 0.25) is 0 Å². The second-order valence-electron chi connectivity index (χ2n) is 17.5. The van der Waals surface area contributed by atoms with Crippen LogP contribution in [0.1, 0.15) is 22.3 Å². The Bertz CT molecular complexity index is 3860. The van der Waals surface area contributed by atoms with E-state index in [4.69, 9.17) is 0 Å². The summed E-state index contributed by atoms with van der Waals surface area (Å²) in [6.45, 7) is 8.23. The van der Waals surface area contributed by atoms with E-state index in [1.807, 2.05) is 12.2 Å². The highest BCUT2D eigenvalue weighted by Crippen LogP contribution is 2.46. The molecule has 0 heterocycles. The van der Waals surface area contributed by atoms with E-state index in [-0.39, 0.29) is 0 Å². The predicted molar refractivity (Wildman–Crippen MR) is 296 cm³/mol. The highest BCUT2D eigenvalue weighted by molar-refractivity contribution is 6.16. The third kappa shape index (κ3) is 7.26. The van der Waals surface area contributed by atoms with Crippen molar-refractivity contribution in [1.29, 1.82) is 0 Å². The van der Waals surface area contributed by atoms with E-state index < -0.39 is 0 Å². The van der Waals surface area contributed by atoms with Gasteiger partial charge in [-0.2, -0.15) is 0 Å². The molecular formula is C66H46N2. The Morgan fingerprint density at radius 1 is 0.265 bits per heavy atom. The topological polar surface area (TPSA) is 6.48 Å². The van der Waals surface area contributed by atoms with Gasteiger partial charge in [0.25, 0.3) is 0 Å². The van der Waals surface area contributed by atoms with E-state index in [1.165, 1.54) is 70.3 Å². The summed E-state index contributed by atoms with van der Waals surface area (Å²) < 4.78 is 0. The van der Waals surface area contributed by atoms with Crippen LogP contribution in [-0.4, -0.2) is 0 Å². The van der Waals surface area contributed by atoms with Crippen molar-refractivity contribution in [3.05, 3.63) is 266 Å². The van der Waals surface area contributed by atoms with E-state index in [2.05, 4.69) is 266 Å². The van der Waals surface area contributed by atoms with Gasteiger partial charge in [-0.15, -0.1) is 0 Å². The molecule has 0 unspecified atom stereocenters. The maximum atomic E-state index is 4.15. The first-order valence-electron chi connectivity index (χ1n) is 23.2. The molecule has 0 amide bonds. The molecule has 68 heavy (non-hydrogen) atoms. The van der Waals surface area contributed by atoms with E-state index in [0.717, 1.165) is 50.7 Å². The molecule has 0 atom stereocenters. The number of nitrogens with zero attached hydrogens (tertiary/aromatic N) is 2. The van der Waals surface area contributed by atoms with Gasteiger partial charge in [-0.25, -0.2) is 0 Å². The fourth-order valence-electron chi connectivity index (χ4n) is 10.1. The molecule has 12 aromatic carbocycles. The van der Waals surface area contributed by atoms with Crippen LogP contribution in [0.3, 0.4) is 0 Å². The van der Waals surface area contributed by atoms with Crippen molar-refractivity contribution in [3.63, 3.8) is 0 Å². The molecule has 0 saturated carbocycles. The number of rotatable bonds is 10. The van der Waals surface area contributed by atoms with Crippen molar-refractivity contribution in [3.8, 4) is 0 Å². The Hall–Kier alpha value is -8.98. The molecule has 0 N–H and O–H groups in total. The zero-order valence-corrected chi connectivity index (χ0v) is 37.6. The third-order valence-corrected chi connectivity index (χ3v) is 13.4. The highest BCUT2D eigenvalue weighted by Gasteiger charge is 2.21. The van der Waals surface area contributed by atoms with Gasteiger partial charge in [0.1, 0.15) is 0 Å². The normalized spacial score (nSPS) is 11.6. The lowest BCUT2D eigenvalue weighted by atomic mass is 9.98. The minimum Gasteiger partial charge on any atom is -0.309 e. The molecule has 0 aliphatic carbocycles. The molecule has 0 radical (unpaired) electrons. The van der Waals surface area contributed by atoms with Crippen molar-refractivity contribution in [2.75, 3.05) is 9.80 Å². The van der Waals surface area contributed by atoms with Crippen LogP contribution in [-0.2, 0) is 0 Å². The van der Waals surface area contributed by atoms with Gasteiger partial charge in [0.05, 0.1) is 11.4 Å². The molecule has 0 bridgehead atoms. The first-order valence-corrected chi connectivity index (χ1v) is 23.2. The number of benzene rings is 12. The van der Waals surface area contributed by atoms with Crippen molar-refractivity contribution in [2.24, 2.45) is 0 Å². The zero-order valence-electron chi connectivity index (χ0n) is 37.6. The van der Waals surface area contributed by atoms with Gasteiger partial charge in [-0.05, 0) is 132 Å². The van der Waals surface area contributed by atoms with Crippen molar-refractivity contribution < 1.29 is 0 Å². The molecule has 2 heteroatoms. The third-order valence-electron chi connectivity index (χ3n) is 13.4. The van der Waals surface area contributed by atoms with Crippen LogP contribution in [0.5, 0.6) is 0 Å². The summed E-state index contributed by atoms with van der Waals surface area (Å²) in [4.78, 5) is 4.84. The summed E-state index contributed by atoms with van der Waals surface area (Å²) in [5, 5.41) is 14.4. The molecule has 0 aromatic heterocycles. The van der Waals surface area contributed by atoms with Gasteiger partial charge in [0.15, 0.2) is 0 Å². The number of anilines is 6. The van der Waals surface area contributed by atoms with Gasteiger partial charge in [-0.3, -0.25) is 0 Å². The maximum Gasteiger partial charge on any atom is 0.0618 e. The van der Waals surface area contributed by atoms with E-state index in [0.29, 0.717) is 0 Å². The van der Waals surface area contributed by atoms with Crippen LogP contribution < -0.4 is 9.80 Å². The maximum absolute atomic E-state index is 4.15. The predicted octanol–water partition coefficient (Wildman–Crippen LogP) is 19.0. The summed E-state index contributed by atoms with van der Waals surface area (Å²) in [6, 6.07) is 83.9. The smallest absolute Gasteiger partial charge is 0.0618 e. The number of hydrogen-bond donors (Lipinski definition) is 0. The van der Waals surface area contributed by atoms with Crippen molar-refractivity contribution in [1.82, 2.24) is 0 Å². The largest absolute Gasteiger partial charge is 0.309 e. The Morgan fingerprint density at radius 2 is 0.632 bits per heavy atom. The van der Waals surface area contributed by atoms with Crippen molar-refractivity contribution in [2.45, 2.75) is 0 Å². The van der Waals surface area contributed by atoms with Crippen LogP contribution in [0, 0.1) is 0 Å². The Labute approximate surface area is 396 Å². The molecule has 0 saturated heterocycles. The molecule has 12 rings (SSSR count). The lowest BCUT2D eigenvalue weighted by molar-refractivity contribution is 1.31. The first-order chi connectivity index (χ1) is 33.6. The SMILES string of the molecule is C=Cc1ccc(N(c2ccc3cc(/C=C/c4ccc(N(c5ccc6ccccc6c5)c5c6ccccc6cc6ccccc56)cc4)ccc3c2)c2c3ccccc3cc3ccccc23)cc1C=C. The second kappa shape index (κ2) is 17.1. The minimum absolute atomic E-state index is 1.04. The van der Waals surface area contributed by atoms with Crippen LogP contribution >= 0.6 is 0 Å². The Kier molecular flexibility index (Phi) is 10.2. The molecular weight excluding hydrogens is 821 g/mol. The van der Waals surface area contributed by atoms with Gasteiger partial charge >= 0.3 is 0 Å². The molecule has 320 valence electrons. The molecule has 12 aromatic rings. The van der Waals surface area contributed by atoms with E-state index in [9.17, 15) is 0 Å². The van der Waals surface area contributed by atoms with E-state index >= 15 is 0 Å². The lowest BCUT2D eigenvalue weighted by Gasteiger charge is -2.29. The molecule has 2 nitrogen and oxygen atoms in total. The summed E-state index contributed by atoms with van der Waals surface area (Å²) in [5.74, 6) is 0. The Morgan fingerprint density at radius 3 is 1.18 bits per heavy atom. The number of hydrogen-bond acceptors (Lipinski definition) is 2. The average molecular weight is 867 g/mol. The van der Waals surface area contributed by atoms with Gasteiger partial charge in [0, 0.05) is 44.3 Å². The van der Waals surface area contributed by atoms with Crippen molar-refractivity contribution >= 4 is 123 Å². The van der Waals surface area contributed by atoms with Gasteiger partial charge in [-0.1, -0.05) is 201 Å². The highest BCUT2D eigenvalue weighted by atomic mass is 15.2. The summed E-state index contributed by atoms with van der Waals surface area (Å²) >= 11 is 0.